The standard InChI is InChI=1S/C15H24N2O4/c1-5-17(8-11(2)15(19)20)10-14(18)16(4)9-13-7-6-12(3)21-13/h6-7,11H,5,8-10H2,1-4H3,(H,19,20). The Bertz CT molecular complexity index is 484. The Morgan fingerprint density at radius 2 is 2.05 bits per heavy atom. The summed E-state index contributed by atoms with van der Waals surface area (Å²) in [6.45, 7) is 7.05. The molecule has 0 aliphatic heterocycles. The summed E-state index contributed by atoms with van der Waals surface area (Å²) in [5.41, 5.74) is 0. The third-order valence-electron chi connectivity index (χ3n) is 3.37. The number of furan rings is 1. The minimum Gasteiger partial charge on any atom is -0.481 e. The van der Waals surface area contributed by atoms with E-state index in [1.54, 1.807) is 18.9 Å². The normalized spacial score (nSPS) is 12.4. The van der Waals surface area contributed by atoms with Gasteiger partial charge in [0.15, 0.2) is 0 Å². The van der Waals surface area contributed by atoms with Crippen molar-refractivity contribution in [1.29, 1.82) is 0 Å². The van der Waals surface area contributed by atoms with E-state index < -0.39 is 11.9 Å². The van der Waals surface area contributed by atoms with E-state index in [0.717, 1.165) is 11.5 Å². The second-order valence-corrected chi connectivity index (χ2v) is 5.33. The maximum absolute atomic E-state index is 12.2. The summed E-state index contributed by atoms with van der Waals surface area (Å²) >= 11 is 0. The molecule has 1 unspecified atom stereocenters. The third kappa shape index (κ3) is 5.59. The molecule has 21 heavy (non-hydrogen) atoms. The smallest absolute Gasteiger partial charge is 0.307 e. The van der Waals surface area contributed by atoms with Crippen LogP contribution in [0.4, 0.5) is 0 Å². The number of hydrogen-bond acceptors (Lipinski definition) is 4. The van der Waals surface area contributed by atoms with Crippen LogP contribution in [-0.4, -0.2) is 53.5 Å². The van der Waals surface area contributed by atoms with E-state index in [1.165, 1.54) is 0 Å². The molecule has 0 spiro atoms. The molecule has 1 aromatic heterocycles. The molecule has 0 saturated carbocycles. The van der Waals surface area contributed by atoms with Crippen LogP contribution in [0, 0.1) is 12.8 Å². The predicted molar refractivity (Wildman–Crippen MR) is 78.8 cm³/mol. The predicted octanol–water partition coefficient (Wildman–Crippen LogP) is 1.59. The van der Waals surface area contributed by atoms with Gasteiger partial charge in [-0.25, -0.2) is 0 Å². The summed E-state index contributed by atoms with van der Waals surface area (Å²) < 4.78 is 5.45. The highest BCUT2D eigenvalue weighted by molar-refractivity contribution is 5.78. The van der Waals surface area contributed by atoms with Crippen LogP contribution < -0.4 is 0 Å². The van der Waals surface area contributed by atoms with Gasteiger partial charge in [0.05, 0.1) is 19.0 Å². The van der Waals surface area contributed by atoms with Crippen molar-refractivity contribution < 1.29 is 19.1 Å². The van der Waals surface area contributed by atoms with Crippen LogP contribution in [0.1, 0.15) is 25.4 Å². The van der Waals surface area contributed by atoms with Crippen LogP contribution in [0.5, 0.6) is 0 Å². The quantitative estimate of drug-likeness (QED) is 0.788. The first-order chi connectivity index (χ1) is 9.83. The molecule has 0 aromatic carbocycles. The number of carbonyl (C=O) groups is 2. The molecule has 6 heteroatoms. The molecule has 1 amide bonds. The average molecular weight is 296 g/mol. The number of aryl methyl sites for hydroxylation is 1. The molecule has 0 aliphatic carbocycles. The first kappa shape index (κ1) is 17.2. The van der Waals surface area contributed by atoms with E-state index in [9.17, 15) is 9.59 Å². The highest BCUT2D eigenvalue weighted by Crippen LogP contribution is 2.09. The van der Waals surface area contributed by atoms with E-state index in [4.69, 9.17) is 9.52 Å². The molecule has 1 rings (SSSR count). The number of rotatable bonds is 8. The summed E-state index contributed by atoms with van der Waals surface area (Å²) in [5, 5.41) is 8.93. The van der Waals surface area contributed by atoms with Gasteiger partial charge in [-0.3, -0.25) is 14.5 Å². The van der Waals surface area contributed by atoms with Gasteiger partial charge in [-0.05, 0) is 25.6 Å². The minimum absolute atomic E-state index is 0.0523. The minimum atomic E-state index is -0.847. The first-order valence-electron chi connectivity index (χ1n) is 7.08. The van der Waals surface area contributed by atoms with Gasteiger partial charge in [-0.15, -0.1) is 0 Å². The number of nitrogens with zero attached hydrogens (tertiary/aromatic N) is 2. The van der Waals surface area contributed by atoms with Gasteiger partial charge < -0.3 is 14.4 Å². The lowest BCUT2D eigenvalue weighted by atomic mass is 10.1. The number of carbonyl (C=O) groups excluding carboxylic acids is 1. The van der Waals surface area contributed by atoms with Crippen molar-refractivity contribution in [2.45, 2.75) is 27.3 Å². The van der Waals surface area contributed by atoms with Crippen LogP contribution in [-0.2, 0) is 16.1 Å². The maximum Gasteiger partial charge on any atom is 0.307 e. The summed E-state index contributed by atoms with van der Waals surface area (Å²) in [4.78, 5) is 26.5. The Hall–Kier alpha value is -1.82. The van der Waals surface area contributed by atoms with Crippen LogP contribution in [0.25, 0.3) is 0 Å². The highest BCUT2D eigenvalue weighted by Gasteiger charge is 2.19. The molecule has 1 heterocycles. The Kier molecular flexibility index (Phi) is 6.42. The highest BCUT2D eigenvalue weighted by atomic mass is 16.4. The lowest BCUT2D eigenvalue weighted by Gasteiger charge is -2.24. The van der Waals surface area contributed by atoms with Crippen LogP contribution in [0.15, 0.2) is 16.5 Å². The van der Waals surface area contributed by atoms with Crippen LogP contribution >= 0.6 is 0 Å². The molecule has 0 aliphatic rings. The van der Waals surface area contributed by atoms with Crippen molar-refractivity contribution in [2.24, 2.45) is 5.92 Å². The topological polar surface area (TPSA) is 74.0 Å². The summed E-state index contributed by atoms with van der Waals surface area (Å²) in [6.07, 6.45) is 0. The Balaban J connectivity index is 2.51. The fraction of sp³-hybridized carbons (Fsp3) is 0.600. The fourth-order valence-electron chi connectivity index (χ4n) is 1.97. The second kappa shape index (κ2) is 7.83. The number of carboxylic acids is 1. The van der Waals surface area contributed by atoms with E-state index >= 15 is 0 Å². The van der Waals surface area contributed by atoms with Gasteiger partial charge in [0.25, 0.3) is 0 Å². The van der Waals surface area contributed by atoms with E-state index in [0.29, 0.717) is 19.6 Å². The second-order valence-electron chi connectivity index (χ2n) is 5.33. The number of aliphatic carboxylic acids is 1. The lowest BCUT2D eigenvalue weighted by molar-refractivity contribution is -0.142. The molecule has 1 N–H and O–H groups in total. The Labute approximate surface area is 125 Å². The summed E-state index contributed by atoms with van der Waals surface area (Å²) in [7, 11) is 1.72. The molecule has 1 aromatic rings. The number of hydrogen-bond donors (Lipinski definition) is 1. The summed E-state index contributed by atoms with van der Waals surface area (Å²) in [5.74, 6) is 0.168. The van der Waals surface area contributed by atoms with Crippen molar-refractivity contribution in [3.63, 3.8) is 0 Å². The van der Waals surface area contributed by atoms with E-state index in [2.05, 4.69) is 0 Å². The number of amides is 1. The fourth-order valence-corrected chi connectivity index (χ4v) is 1.97. The SMILES string of the molecule is CCN(CC(=O)N(C)Cc1ccc(C)o1)CC(C)C(=O)O. The number of likely N-dealkylation sites (N-methyl/N-ethyl adjacent to an activating group) is 2. The van der Waals surface area contributed by atoms with Crippen molar-refractivity contribution >= 4 is 11.9 Å². The van der Waals surface area contributed by atoms with Gasteiger partial charge in [-0.1, -0.05) is 13.8 Å². The van der Waals surface area contributed by atoms with Crippen molar-refractivity contribution in [3.05, 3.63) is 23.7 Å². The van der Waals surface area contributed by atoms with Crippen LogP contribution in [0.3, 0.4) is 0 Å². The molecule has 118 valence electrons. The molecule has 0 bridgehead atoms. The van der Waals surface area contributed by atoms with Crippen molar-refractivity contribution in [3.8, 4) is 0 Å². The zero-order chi connectivity index (χ0) is 16.0. The number of carboxylic acid groups (broad SMARTS) is 1. The lowest BCUT2D eigenvalue weighted by Crippen LogP contribution is -2.40. The Morgan fingerprint density at radius 3 is 2.52 bits per heavy atom. The molecule has 6 nitrogen and oxygen atoms in total. The van der Waals surface area contributed by atoms with Gasteiger partial charge in [0.1, 0.15) is 11.5 Å². The summed E-state index contributed by atoms with van der Waals surface area (Å²) in [6, 6.07) is 3.71. The largest absolute Gasteiger partial charge is 0.481 e. The third-order valence-corrected chi connectivity index (χ3v) is 3.37. The molecule has 1 atom stereocenters. The zero-order valence-electron chi connectivity index (χ0n) is 13.1. The zero-order valence-corrected chi connectivity index (χ0v) is 13.1. The molecular weight excluding hydrogens is 272 g/mol. The molecule has 0 fully saturated rings. The molecular formula is C15H24N2O4. The van der Waals surface area contributed by atoms with Crippen molar-refractivity contribution in [1.82, 2.24) is 9.80 Å². The molecule has 0 saturated heterocycles. The van der Waals surface area contributed by atoms with Gasteiger partial charge in [0.2, 0.25) is 5.91 Å². The van der Waals surface area contributed by atoms with Gasteiger partial charge in [-0.2, -0.15) is 0 Å². The van der Waals surface area contributed by atoms with Crippen molar-refractivity contribution in [2.75, 3.05) is 26.7 Å². The van der Waals surface area contributed by atoms with Gasteiger partial charge in [0, 0.05) is 13.6 Å². The monoisotopic (exact) mass is 296 g/mol. The van der Waals surface area contributed by atoms with Gasteiger partial charge >= 0.3 is 5.97 Å². The average Bonchev–Trinajstić information content (AvgIpc) is 2.82. The maximum atomic E-state index is 12.2. The Morgan fingerprint density at radius 1 is 1.38 bits per heavy atom. The molecule has 0 radical (unpaired) electrons. The van der Waals surface area contributed by atoms with E-state index in [-0.39, 0.29) is 12.5 Å². The van der Waals surface area contributed by atoms with Crippen LogP contribution in [0.2, 0.25) is 0 Å². The van der Waals surface area contributed by atoms with E-state index in [1.807, 2.05) is 30.9 Å². The first-order valence-corrected chi connectivity index (χ1v) is 7.08.